The summed E-state index contributed by atoms with van der Waals surface area (Å²) in [5.74, 6) is 1.14. The van der Waals surface area contributed by atoms with Crippen molar-refractivity contribution in [3.63, 3.8) is 0 Å². The van der Waals surface area contributed by atoms with Gasteiger partial charge in [0.1, 0.15) is 5.82 Å². The van der Waals surface area contributed by atoms with Gasteiger partial charge in [0, 0.05) is 29.2 Å². The van der Waals surface area contributed by atoms with Crippen molar-refractivity contribution in [3.05, 3.63) is 44.8 Å². The van der Waals surface area contributed by atoms with Crippen molar-refractivity contribution in [1.29, 1.82) is 5.26 Å². The van der Waals surface area contributed by atoms with Crippen LogP contribution in [-0.4, -0.2) is 30.9 Å². The molecule has 1 aromatic carbocycles. The van der Waals surface area contributed by atoms with Crippen molar-refractivity contribution in [2.75, 3.05) is 20.3 Å². The number of hydrogen-bond donors (Lipinski definition) is 1. The zero-order valence-electron chi connectivity index (χ0n) is 16.3. The molecule has 2 aliphatic rings. The third-order valence-corrected chi connectivity index (χ3v) is 5.83. The van der Waals surface area contributed by atoms with Crippen molar-refractivity contribution >= 4 is 21.7 Å². The highest BCUT2D eigenvalue weighted by Crippen LogP contribution is 2.48. The summed E-state index contributed by atoms with van der Waals surface area (Å²) >= 11 is 3.61. The van der Waals surface area contributed by atoms with Crippen LogP contribution >= 0.6 is 15.9 Å². The van der Waals surface area contributed by atoms with Crippen LogP contribution in [0.2, 0.25) is 0 Å². The molecule has 1 aliphatic carbocycles. The maximum Gasteiger partial charge on any atom is 0.162 e. The first-order valence-corrected chi connectivity index (χ1v) is 10.2. The molecule has 2 N–H and O–H groups in total. The summed E-state index contributed by atoms with van der Waals surface area (Å²) in [5, 5.41) is 9.87. The van der Waals surface area contributed by atoms with Crippen LogP contribution in [0.3, 0.4) is 0 Å². The van der Waals surface area contributed by atoms with Crippen molar-refractivity contribution in [2.45, 2.75) is 39.0 Å². The van der Waals surface area contributed by atoms with Crippen LogP contribution in [0.1, 0.15) is 44.6 Å². The Bertz CT molecular complexity index is 914. The standard InChI is InChI=1S/C21H24BrN3O3/c1-4-27-17-9-12(14(22)10-18(17)28-5-2)19-13(11-23)21(24)25(3)15-7-6-8-16(26)20(15)19/h9-10,19H,4-8,24H2,1-3H3/t19-/m1/s1. The van der Waals surface area contributed by atoms with Crippen LogP contribution in [0.4, 0.5) is 0 Å². The Morgan fingerprint density at radius 2 is 1.89 bits per heavy atom. The Labute approximate surface area is 173 Å². The van der Waals surface area contributed by atoms with Gasteiger partial charge < -0.3 is 20.1 Å². The van der Waals surface area contributed by atoms with Gasteiger partial charge in [0.05, 0.1) is 30.8 Å². The molecule has 0 bridgehead atoms. The van der Waals surface area contributed by atoms with E-state index in [1.165, 1.54) is 0 Å². The summed E-state index contributed by atoms with van der Waals surface area (Å²) in [4.78, 5) is 14.7. The molecule has 28 heavy (non-hydrogen) atoms. The molecule has 0 amide bonds. The number of Topliss-reactive ketones (excluding diaryl/α,β-unsaturated/α-hetero) is 1. The summed E-state index contributed by atoms with van der Waals surface area (Å²) in [7, 11) is 1.82. The molecule has 6 nitrogen and oxygen atoms in total. The van der Waals surface area contributed by atoms with Crippen molar-refractivity contribution in [1.82, 2.24) is 4.90 Å². The maximum atomic E-state index is 12.9. The molecule has 3 rings (SSSR count). The molecule has 0 aromatic heterocycles. The molecular formula is C21H24BrN3O3. The highest BCUT2D eigenvalue weighted by Gasteiger charge is 2.39. The molecule has 1 atom stereocenters. The van der Waals surface area contributed by atoms with Crippen LogP contribution in [0.5, 0.6) is 11.5 Å². The van der Waals surface area contributed by atoms with Gasteiger partial charge in [-0.1, -0.05) is 15.9 Å². The van der Waals surface area contributed by atoms with Crippen LogP contribution in [0.15, 0.2) is 39.3 Å². The smallest absolute Gasteiger partial charge is 0.162 e. The zero-order valence-corrected chi connectivity index (χ0v) is 17.9. The minimum absolute atomic E-state index is 0.0668. The lowest BCUT2D eigenvalue weighted by atomic mass is 9.76. The van der Waals surface area contributed by atoms with E-state index >= 15 is 0 Å². The van der Waals surface area contributed by atoms with Crippen LogP contribution in [0.25, 0.3) is 0 Å². The number of benzene rings is 1. The molecule has 0 spiro atoms. The minimum Gasteiger partial charge on any atom is -0.490 e. The monoisotopic (exact) mass is 445 g/mol. The van der Waals surface area contributed by atoms with Crippen LogP contribution < -0.4 is 15.2 Å². The molecule has 7 heteroatoms. The minimum atomic E-state index is -0.520. The highest BCUT2D eigenvalue weighted by molar-refractivity contribution is 9.10. The lowest BCUT2D eigenvalue weighted by Gasteiger charge is -2.38. The molecule has 0 unspecified atom stereocenters. The highest BCUT2D eigenvalue weighted by atomic mass is 79.9. The van der Waals surface area contributed by atoms with Gasteiger partial charge in [-0.05, 0) is 44.4 Å². The Hall–Kier alpha value is -2.46. The van der Waals surface area contributed by atoms with E-state index in [1.807, 2.05) is 33.0 Å². The predicted octanol–water partition coefficient (Wildman–Crippen LogP) is 3.98. The third kappa shape index (κ3) is 3.37. The Morgan fingerprint density at radius 3 is 2.50 bits per heavy atom. The Morgan fingerprint density at radius 1 is 1.25 bits per heavy atom. The summed E-state index contributed by atoms with van der Waals surface area (Å²) < 4.78 is 12.2. The number of rotatable bonds is 5. The number of nitriles is 1. The van der Waals surface area contributed by atoms with Crippen LogP contribution in [0, 0.1) is 11.3 Å². The number of ether oxygens (including phenoxy) is 2. The van der Waals surface area contributed by atoms with Gasteiger partial charge in [0.2, 0.25) is 0 Å². The molecular weight excluding hydrogens is 422 g/mol. The van der Waals surface area contributed by atoms with Crippen molar-refractivity contribution in [3.8, 4) is 17.6 Å². The molecule has 0 saturated carbocycles. The first-order valence-electron chi connectivity index (χ1n) is 9.43. The number of nitrogens with two attached hydrogens (primary N) is 1. The second-order valence-electron chi connectivity index (χ2n) is 6.73. The Kier molecular flexibility index (Phi) is 5.99. The van der Waals surface area contributed by atoms with Gasteiger partial charge in [-0.2, -0.15) is 5.26 Å². The summed E-state index contributed by atoms with van der Waals surface area (Å²) in [5.41, 5.74) is 9.02. The fourth-order valence-electron chi connectivity index (χ4n) is 3.88. The molecule has 1 aliphatic heterocycles. The molecule has 0 saturated heterocycles. The van der Waals surface area contributed by atoms with Gasteiger partial charge in [0.25, 0.3) is 0 Å². The predicted molar refractivity (Wildman–Crippen MR) is 110 cm³/mol. The van der Waals surface area contributed by atoms with Crippen molar-refractivity contribution in [2.24, 2.45) is 5.73 Å². The maximum absolute atomic E-state index is 12.9. The van der Waals surface area contributed by atoms with E-state index in [1.54, 1.807) is 4.90 Å². The summed E-state index contributed by atoms with van der Waals surface area (Å²) in [6.07, 6.45) is 2.04. The van der Waals surface area contributed by atoms with Gasteiger partial charge in [-0.25, -0.2) is 0 Å². The molecule has 0 fully saturated rings. The lowest BCUT2D eigenvalue weighted by molar-refractivity contribution is -0.116. The average molecular weight is 446 g/mol. The quantitative estimate of drug-likeness (QED) is 0.736. The van der Waals surface area contributed by atoms with Gasteiger partial charge in [0.15, 0.2) is 17.3 Å². The number of halogens is 1. The van der Waals surface area contributed by atoms with E-state index in [0.29, 0.717) is 48.1 Å². The average Bonchev–Trinajstić information content (AvgIpc) is 2.67. The second kappa shape index (κ2) is 8.27. The normalized spacial score (nSPS) is 19.5. The SMILES string of the molecule is CCOc1cc(Br)c([C@@H]2C(C#N)=C(N)N(C)C3=C2C(=O)CCC3)cc1OCC. The van der Waals surface area contributed by atoms with E-state index in [4.69, 9.17) is 15.2 Å². The fraction of sp³-hybridized carbons (Fsp3) is 0.429. The summed E-state index contributed by atoms with van der Waals surface area (Å²) in [6.45, 7) is 4.79. The van der Waals surface area contributed by atoms with E-state index < -0.39 is 5.92 Å². The van der Waals surface area contributed by atoms with E-state index in [2.05, 4.69) is 22.0 Å². The topological polar surface area (TPSA) is 88.6 Å². The first kappa shape index (κ1) is 20.3. The zero-order chi connectivity index (χ0) is 20.4. The van der Waals surface area contributed by atoms with E-state index in [-0.39, 0.29) is 5.78 Å². The number of allylic oxidation sites excluding steroid dienone is 3. The van der Waals surface area contributed by atoms with Crippen LogP contribution in [-0.2, 0) is 4.79 Å². The second-order valence-corrected chi connectivity index (χ2v) is 7.58. The first-order chi connectivity index (χ1) is 13.4. The number of carbonyl (C=O) groups is 1. The molecule has 1 aromatic rings. The van der Waals surface area contributed by atoms with Gasteiger partial charge >= 0.3 is 0 Å². The largest absolute Gasteiger partial charge is 0.490 e. The lowest BCUT2D eigenvalue weighted by Crippen LogP contribution is -2.36. The van der Waals surface area contributed by atoms with Gasteiger partial charge in [-0.15, -0.1) is 0 Å². The fourth-order valence-corrected chi connectivity index (χ4v) is 4.43. The van der Waals surface area contributed by atoms with Crippen molar-refractivity contribution < 1.29 is 14.3 Å². The van der Waals surface area contributed by atoms with E-state index in [0.717, 1.165) is 28.6 Å². The number of hydrogen-bond acceptors (Lipinski definition) is 6. The number of ketones is 1. The Balaban J connectivity index is 2.24. The van der Waals surface area contributed by atoms with Gasteiger partial charge in [-0.3, -0.25) is 4.79 Å². The molecule has 0 radical (unpaired) electrons. The molecule has 148 valence electrons. The summed E-state index contributed by atoms with van der Waals surface area (Å²) in [6, 6.07) is 5.93. The number of nitrogens with zero attached hydrogens (tertiary/aromatic N) is 2. The van der Waals surface area contributed by atoms with E-state index in [9.17, 15) is 10.1 Å². The molecule has 1 heterocycles. The number of carbonyl (C=O) groups excluding carboxylic acids is 1. The third-order valence-electron chi connectivity index (χ3n) is 5.14.